The number of hydrogen-bond acceptors (Lipinski definition) is 11. The minimum Gasteiger partial charge on any atom is -0.481 e. The molecule has 0 aromatic rings. The maximum atomic E-state index is 10.3. The molecule has 0 saturated heterocycles. The van der Waals surface area contributed by atoms with Crippen LogP contribution >= 0.6 is 0 Å². The first kappa shape index (κ1) is 38.1. The van der Waals surface area contributed by atoms with E-state index in [0.717, 1.165) is 27.7 Å². The van der Waals surface area contributed by atoms with Crippen LogP contribution in [-0.2, 0) is 28.8 Å². The van der Waals surface area contributed by atoms with Crippen molar-refractivity contribution in [2.45, 2.75) is 52.1 Å². The predicted octanol–water partition coefficient (Wildman–Crippen LogP) is -1.77. The lowest BCUT2D eigenvalue weighted by molar-refractivity contribution is -0.146. The smallest absolute Gasteiger partial charge is 0.300 e. The van der Waals surface area contributed by atoms with Gasteiger partial charge in [-0.15, -0.1) is 0 Å². The molecule has 4 atom stereocenters. The monoisotopic (exact) mass is 461 g/mol. The van der Waals surface area contributed by atoms with E-state index in [9.17, 15) is 9.90 Å². The van der Waals surface area contributed by atoms with Crippen LogP contribution in [0.4, 0.5) is 0 Å². The van der Waals surface area contributed by atoms with Gasteiger partial charge in [-0.25, -0.2) is 0 Å². The van der Waals surface area contributed by atoms with E-state index in [1.165, 1.54) is 0 Å². The third-order valence-electron chi connectivity index (χ3n) is 1.61. The molecule has 0 unspecified atom stereocenters. The zero-order valence-corrected chi connectivity index (χ0v) is 17.0. The van der Waals surface area contributed by atoms with Crippen molar-refractivity contribution in [2.75, 3.05) is 6.61 Å². The summed E-state index contributed by atoms with van der Waals surface area (Å²) in [5.74, 6) is -3.33. The number of aldehydes is 1. The van der Waals surface area contributed by atoms with Crippen molar-refractivity contribution < 1.29 is 69.7 Å². The summed E-state index contributed by atoms with van der Waals surface area (Å²) in [6.07, 6.45) is -6.75. The number of aliphatic hydroxyl groups is 4. The van der Waals surface area contributed by atoms with Gasteiger partial charge in [0, 0.05) is 32.6 Å². The van der Waals surface area contributed by atoms with Crippen LogP contribution in [-0.4, -0.2) is 102 Å². The summed E-state index contributed by atoms with van der Waals surface area (Å²) in [6.45, 7) is 3.53. The highest BCUT2D eigenvalue weighted by Gasteiger charge is 2.32. The van der Waals surface area contributed by atoms with E-state index in [0.29, 0.717) is 0 Å². The fourth-order valence-corrected chi connectivity index (χ4v) is 0.773. The van der Waals surface area contributed by atoms with Crippen LogP contribution in [0, 0.1) is 0 Å². The van der Waals surface area contributed by atoms with Gasteiger partial charge in [-0.05, 0) is 5.53 Å². The second-order valence-corrected chi connectivity index (χ2v) is 4.68. The summed E-state index contributed by atoms with van der Waals surface area (Å²) in [5.41, 5.74) is 7.87. The lowest BCUT2D eigenvalue weighted by Crippen LogP contribution is -2.46. The quantitative estimate of drug-likeness (QED) is 0.0684. The summed E-state index contributed by atoms with van der Waals surface area (Å²) in [7, 11) is 0. The van der Waals surface area contributed by atoms with Crippen LogP contribution in [0.5, 0.6) is 0 Å². The number of aliphatic hydroxyl groups excluding tert-OH is 4. The van der Waals surface area contributed by atoms with Crippen molar-refractivity contribution in [3.05, 3.63) is 10.4 Å². The van der Waals surface area contributed by atoms with Crippen LogP contribution in [0.15, 0.2) is 5.28 Å². The topological polar surface area (TPSA) is 305 Å². The van der Waals surface area contributed by atoms with E-state index >= 15 is 0 Å². The van der Waals surface area contributed by atoms with E-state index in [1.807, 2.05) is 0 Å². The molecule has 17 heteroatoms. The Morgan fingerprint density at radius 2 is 1.16 bits per heavy atom. The molecule has 182 valence electrons. The molecule has 0 fully saturated rings. The maximum absolute atomic E-state index is 10.3. The SMILES string of the molecule is CC(=O)O.CC(=O)O.CC(=O)O.CC(=O)O.[N-]=[N+]=NO[C@@H](C=O)[C@@H](O)[C@@H](O)[C@H](O)CO. The third-order valence-corrected chi connectivity index (χ3v) is 1.61. The Morgan fingerprint density at radius 3 is 1.35 bits per heavy atom. The van der Waals surface area contributed by atoms with Gasteiger partial charge in [-0.2, -0.15) is 0 Å². The summed E-state index contributed by atoms with van der Waals surface area (Å²) < 4.78 is 0. The lowest BCUT2D eigenvalue weighted by atomic mass is 10.0. The first-order valence-corrected chi connectivity index (χ1v) is 7.60. The van der Waals surface area contributed by atoms with Gasteiger partial charge in [-0.3, -0.25) is 24.0 Å². The molecule has 0 bridgehead atoms. The Bertz CT molecular complexity index is 500. The highest BCUT2D eigenvalue weighted by molar-refractivity contribution is 5.63. The number of carbonyl (C=O) groups is 5. The molecule has 17 nitrogen and oxygen atoms in total. The van der Waals surface area contributed by atoms with Crippen LogP contribution in [0.2, 0.25) is 0 Å². The molecule has 0 aromatic heterocycles. The van der Waals surface area contributed by atoms with E-state index in [2.05, 4.69) is 15.0 Å². The molecule has 8 N–H and O–H groups in total. The number of carbonyl (C=O) groups excluding carboxylic acids is 1. The Balaban J connectivity index is -0.000000114. The van der Waals surface area contributed by atoms with Crippen molar-refractivity contribution in [3.8, 4) is 0 Å². The average Bonchev–Trinajstić information content (AvgIpc) is 2.58. The van der Waals surface area contributed by atoms with Gasteiger partial charge in [0.15, 0.2) is 12.4 Å². The van der Waals surface area contributed by atoms with E-state index in [4.69, 9.17) is 60.5 Å². The molecular weight excluding hydrogens is 434 g/mol. The largest absolute Gasteiger partial charge is 0.481 e. The maximum Gasteiger partial charge on any atom is 0.300 e. The van der Waals surface area contributed by atoms with Gasteiger partial charge in [0.25, 0.3) is 23.9 Å². The van der Waals surface area contributed by atoms with Crippen LogP contribution < -0.4 is 0 Å². The van der Waals surface area contributed by atoms with Crippen molar-refractivity contribution in [2.24, 2.45) is 5.28 Å². The molecule has 0 aliphatic heterocycles. The molecule has 0 spiro atoms. The second-order valence-electron chi connectivity index (χ2n) is 4.68. The average molecular weight is 461 g/mol. The minimum atomic E-state index is -1.81. The fourth-order valence-electron chi connectivity index (χ4n) is 0.773. The predicted molar refractivity (Wildman–Crippen MR) is 98.4 cm³/mol. The highest BCUT2D eigenvalue weighted by atomic mass is 16.7. The molecule has 0 aromatic carbocycles. The van der Waals surface area contributed by atoms with Gasteiger partial charge >= 0.3 is 0 Å². The molecule has 0 heterocycles. The van der Waals surface area contributed by atoms with Gasteiger partial charge in [0.2, 0.25) is 0 Å². The Labute approximate surface area is 175 Å². The number of aliphatic carboxylic acids is 4. The molecule has 31 heavy (non-hydrogen) atoms. The van der Waals surface area contributed by atoms with Crippen LogP contribution in [0.25, 0.3) is 10.4 Å². The van der Waals surface area contributed by atoms with Crippen molar-refractivity contribution >= 4 is 30.2 Å². The molecule has 0 saturated carbocycles. The zero-order valence-electron chi connectivity index (χ0n) is 17.0. The molecule has 0 aliphatic rings. The minimum absolute atomic E-state index is 0.0899. The molecule has 0 amide bonds. The van der Waals surface area contributed by atoms with Crippen LogP contribution in [0.1, 0.15) is 27.7 Å². The van der Waals surface area contributed by atoms with Gasteiger partial charge < -0.3 is 45.7 Å². The lowest BCUT2D eigenvalue weighted by Gasteiger charge is -2.24. The van der Waals surface area contributed by atoms with Gasteiger partial charge in [-0.1, -0.05) is 0 Å². The standard InChI is InChI=1S/C6H11N3O6.4C2H4O2/c7-8-9-15-4(2-11)6(14)5(13)3(12)1-10;4*1-2(3)4/h2-6,10,12-14H,1H2;4*1H3,(H,3,4)/t3-,4+,5+,6-;;;;/m1..../s1. The molecule has 0 aliphatic carbocycles. The second kappa shape index (κ2) is 26.5. The number of nitrogens with zero attached hydrogens (tertiary/aromatic N) is 3. The number of rotatable bonds is 7. The normalized spacial score (nSPS) is 12.0. The van der Waals surface area contributed by atoms with E-state index < -0.39 is 54.9 Å². The van der Waals surface area contributed by atoms with Crippen molar-refractivity contribution in [1.82, 2.24) is 0 Å². The van der Waals surface area contributed by atoms with Crippen molar-refractivity contribution in [3.63, 3.8) is 0 Å². The summed E-state index contributed by atoms with van der Waals surface area (Å²) in [4.78, 5) is 52.7. The Kier molecular flexibility index (Phi) is 32.6. The van der Waals surface area contributed by atoms with Gasteiger partial charge in [0.1, 0.15) is 23.6 Å². The number of carboxylic acid groups (broad SMARTS) is 4. The van der Waals surface area contributed by atoms with E-state index in [1.54, 1.807) is 0 Å². The van der Waals surface area contributed by atoms with Crippen LogP contribution in [0.3, 0.4) is 0 Å². The summed E-state index contributed by atoms with van der Waals surface area (Å²) in [6, 6.07) is 0. The third kappa shape index (κ3) is 58.4. The van der Waals surface area contributed by atoms with Crippen molar-refractivity contribution in [1.29, 1.82) is 0 Å². The highest BCUT2D eigenvalue weighted by Crippen LogP contribution is 2.07. The first-order valence-electron chi connectivity index (χ1n) is 7.60. The molecular formula is C14H27N3O14. The first-order chi connectivity index (χ1) is 14.0. The summed E-state index contributed by atoms with van der Waals surface area (Å²) >= 11 is 0. The van der Waals surface area contributed by atoms with E-state index in [-0.39, 0.29) is 6.29 Å². The fraction of sp³-hybridized carbons (Fsp3) is 0.643. The Morgan fingerprint density at radius 1 is 0.871 bits per heavy atom. The number of carboxylic acids is 4. The number of azide groups is 1. The zero-order chi connectivity index (χ0) is 26.2. The van der Waals surface area contributed by atoms with Gasteiger partial charge in [0.05, 0.1) is 6.61 Å². The molecule has 0 radical (unpaired) electrons. The number of hydrogen-bond donors (Lipinski definition) is 8. The molecule has 0 rings (SSSR count). The summed E-state index contributed by atoms with van der Waals surface area (Å²) in [5, 5.41) is 68.0. The Hall–Kier alpha value is -3.50.